The third-order valence-corrected chi connectivity index (χ3v) is 18.6. The number of carbonyl (C=O) groups is 4. The van der Waals surface area contributed by atoms with Crippen molar-refractivity contribution in [3.8, 4) is 0 Å². The van der Waals surface area contributed by atoms with Crippen molar-refractivity contribution in [3.63, 3.8) is 0 Å². The van der Waals surface area contributed by atoms with E-state index in [0.717, 1.165) is 173 Å². The number of hydrogen-bond acceptors (Lipinski definition) is 15. The van der Waals surface area contributed by atoms with E-state index in [4.69, 9.17) is 37.0 Å². The maximum atomic E-state index is 13.1. The number of ether oxygens (including phenoxy) is 4. The lowest BCUT2D eigenvalue weighted by Gasteiger charge is -2.21. The van der Waals surface area contributed by atoms with Gasteiger partial charge >= 0.3 is 33.6 Å². The molecular formula is C83H144O17P2. The molecule has 0 bridgehead atoms. The largest absolute Gasteiger partial charge is 0.472 e. The molecule has 0 heterocycles. The third kappa shape index (κ3) is 75.6. The summed E-state index contributed by atoms with van der Waals surface area (Å²) in [6, 6.07) is 0. The molecule has 0 rings (SSSR count). The molecule has 0 aliphatic carbocycles. The van der Waals surface area contributed by atoms with Gasteiger partial charge in [0.05, 0.1) is 33.0 Å². The molecule has 0 saturated heterocycles. The monoisotopic (exact) mass is 1470 g/mol. The topological polar surface area (TPSA) is 237 Å². The zero-order valence-electron chi connectivity index (χ0n) is 64.0. The van der Waals surface area contributed by atoms with Crippen LogP contribution >= 0.6 is 15.6 Å². The van der Waals surface area contributed by atoms with Crippen molar-refractivity contribution < 1.29 is 80.2 Å². The standard InChI is InChI=1S/C83H144O17P2/c1-4-7-10-13-16-19-22-25-28-29-34-39-44-49-54-59-64-69-83(88)100-80(75-94-81(86)67-62-57-52-47-42-37-32-26-23-20-17-14-11-8-5-2)77-98-102(91,92)96-73-78(85)72-95-101(89,90)97-76-79(99-82(87)68-63-58-53-48-43-38-33-27-24-21-18-15-12-9-6-3)74-93-71-66-61-56-51-46-41-36-31-30-35-40-45-50-55-60-65-70-84/h16,18-21,23,25-28,30,32-35,39,49,54,70,78-80,85H,4-15,17,22,24,29,31,36-38,40-48,50-53,55-69,71-77H2,1-3H3,(H,89,90)(H,91,92)/b19-16-,21-18-,23-20-,28-25-,32-26-,33-27-,35-30-,39-34-,54-49-/t78-,79+,80+/m0/s1. The summed E-state index contributed by atoms with van der Waals surface area (Å²) in [6.45, 7) is 3.50. The highest BCUT2D eigenvalue weighted by Gasteiger charge is 2.30. The summed E-state index contributed by atoms with van der Waals surface area (Å²) in [4.78, 5) is 70.6. The number of rotatable bonds is 77. The highest BCUT2D eigenvalue weighted by molar-refractivity contribution is 7.47. The van der Waals surface area contributed by atoms with Crippen LogP contribution in [0.4, 0.5) is 0 Å². The molecule has 0 radical (unpaired) electrons. The zero-order valence-corrected chi connectivity index (χ0v) is 65.8. The van der Waals surface area contributed by atoms with Gasteiger partial charge in [0.25, 0.3) is 0 Å². The van der Waals surface area contributed by atoms with Gasteiger partial charge in [0.1, 0.15) is 25.1 Å². The molecule has 0 aliphatic rings. The molecule has 17 nitrogen and oxygen atoms in total. The van der Waals surface area contributed by atoms with Crippen LogP contribution in [0.25, 0.3) is 0 Å². The van der Waals surface area contributed by atoms with Gasteiger partial charge in [-0.1, -0.05) is 259 Å². The van der Waals surface area contributed by atoms with Crippen molar-refractivity contribution in [2.75, 3.05) is 46.2 Å². The van der Waals surface area contributed by atoms with Gasteiger partial charge in [-0.05, 0) is 154 Å². The summed E-state index contributed by atoms with van der Waals surface area (Å²) in [5.41, 5.74) is 0. The number of phosphoric acid groups is 2. The molecule has 2 unspecified atom stereocenters. The SMILES string of the molecule is CCCCC/C=C\C/C=C\C/C=C\C/C=C\CCCC(=O)O[C@H](COC(=O)CCCCCCC/C=C\C=C/CCCCCC)COP(=O)(O)OC[C@@H](O)COP(=O)(O)OC[C@@H](COCCCCCCCCC/C=C\CCCCCCC=O)OC(=O)CCCCCCC/C=C\C/C=C\CCCCC. The molecule has 19 heteroatoms. The van der Waals surface area contributed by atoms with Gasteiger partial charge < -0.3 is 38.6 Å². The number of unbranched alkanes of at least 4 members (excludes halogenated alkanes) is 33. The van der Waals surface area contributed by atoms with Crippen LogP contribution in [-0.4, -0.2) is 104 Å². The summed E-state index contributed by atoms with van der Waals surface area (Å²) in [5, 5.41) is 10.6. The average molecular weight is 1480 g/mol. The van der Waals surface area contributed by atoms with Crippen LogP contribution in [0.1, 0.15) is 329 Å². The van der Waals surface area contributed by atoms with Crippen molar-refractivity contribution >= 4 is 39.8 Å². The fourth-order valence-electron chi connectivity index (χ4n) is 10.6. The van der Waals surface area contributed by atoms with E-state index in [2.05, 4.69) is 118 Å². The minimum Gasteiger partial charge on any atom is -0.462 e. The Balaban J connectivity index is 5.37. The van der Waals surface area contributed by atoms with Crippen LogP contribution in [0.3, 0.4) is 0 Å². The Bertz CT molecular complexity index is 2330. The van der Waals surface area contributed by atoms with Crippen LogP contribution in [-0.2, 0) is 65.4 Å². The molecule has 0 fully saturated rings. The Kier molecular flexibility index (Phi) is 73.4. The number of aliphatic hydroxyl groups excluding tert-OH is 1. The number of aliphatic hydroxyl groups is 1. The first-order valence-electron chi connectivity index (χ1n) is 40.1. The Morgan fingerprint density at radius 3 is 1.04 bits per heavy atom. The predicted octanol–water partition coefficient (Wildman–Crippen LogP) is 23.0. The van der Waals surface area contributed by atoms with Crippen molar-refractivity contribution in [1.82, 2.24) is 0 Å². The quantitative estimate of drug-likeness (QED) is 0.00976. The van der Waals surface area contributed by atoms with E-state index in [1.54, 1.807) is 0 Å². The van der Waals surface area contributed by atoms with Crippen LogP contribution in [0.2, 0.25) is 0 Å². The smallest absolute Gasteiger partial charge is 0.462 e. The second kappa shape index (κ2) is 76.5. The van der Waals surface area contributed by atoms with E-state index in [1.165, 1.54) is 89.9 Å². The second-order valence-electron chi connectivity index (χ2n) is 26.6. The minimum atomic E-state index is -4.97. The van der Waals surface area contributed by atoms with Gasteiger partial charge in [-0.15, -0.1) is 0 Å². The van der Waals surface area contributed by atoms with Crippen LogP contribution in [0.15, 0.2) is 109 Å². The van der Waals surface area contributed by atoms with E-state index in [0.29, 0.717) is 38.7 Å². The number of phosphoric ester groups is 2. The molecular weight excluding hydrogens is 1330 g/mol. The van der Waals surface area contributed by atoms with Gasteiger partial charge in [0.15, 0.2) is 6.10 Å². The number of aldehydes is 1. The zero-order chi connectivity index (χ0) is 74.4. The molecule has 0 aromatic rings. The highest BCUT2D eigenvalue weighted by atomic mass is 31.2. The Morgan fingerprint density at radius 1 is 0.324 bits per heavy atom. The summed E-state index contributed by atoms with van der Waals surface area (Å²) in [6.07, 6.45) is 82.6. The fourth-order valence-corrected chi connectivity index (χ4v) is 12.1. The molecule has 0 aromatic heterocycles. The van der Waals surface area contributed by atoms with Crippen molar-refractivity contribution in [1.29, 1.82) is 0 Å². The van der Waals surface area contributed by atoms with E-state index >= 15 is 0 Å². The number of hydrogen-bond donors (Lipinski definition) is 3. The number of carbonyl (C=O) groups excluding carboxylic acids is 4. The van der Waals surface area contributed by atoms with Crippen LogP contribution < -0.4 is 0 Å². The van der Waals surface area contributed by atoms with E-state index in [1.807, 2.05) is 12.2 Å². The third-order valence-electron chi connectivity index (χ3n) is 16.7. The number of esters is 3. The van der Waals surface area contributed by atoms with E-state index in [9.17, 15) is 43.2 Å². The molecule has 3 N–H and O–H groups in total. The van der Waals surface area contributed by atoms with Crippen molar-refractivity contribution in [2.45, 2.75) is 347 Å². The molecule has 0 aliphatic heterocycles. The Hall–Kier alpha value is -4.12. The minimum absolute atomic E-state index is 0.0247. The second-order valence-corrected chi connectivity index (χ2v) is 29.5. The Morgan fingerprint density at radius 2 is 0.618 bits per heavy atom. The molecule has 5 atom stereocenters. The first-order valence-corrected chi connectivity index (χ1v) is 43.1. The molecule has 102 heavy (non-hydrogen) atoms. The van der Waals surface area contributed by atoms with Crippen LogP contribution in [0, 0.1) is 0 Å². The lowest BCUT2D eigenvalue weighted by Crippen LogP contribution is -2.30. The fraction of sp³-hybridized carbons (Fsp3) is 0.735. The van der Waals surface area contributed by atoms with Gasteiger partial charge in [-0.3, -0.25) is 32.5 Å². The summed E-state index contributed by atoms with van der Waals surface area (Å²) in [5.74, 6) is -1.63. The highest BCUT2D eigenvalue weighted by Crippen LogP contribution is 2.45. The average Bonchev–Trinajstić information content (AvgIpc) is 0.915. The maximum Gasteiger partial charge on any atom is 0.472 e. The summed E-state index contributed by atoms with van der Waals surface area (Å²) in [7, 11) is -9.87. The normalized spacial score (nSPS) is 14.5. The summed E-state index contributed by atoms with van der Waals surface area (Å²) < 4.78 is 69.2. The lowest BCUT2D eigenvalue weighted by atomic mass is 10.1. The van der Waals surface area contributed by atoms with Crippen molar-refractivity contribution in [2.24, 2.45) is 0 Å². The maximum absolute atomic E-state index is 13.1. The number of allylic oxidation sites excluding steroid dienone is 18. The molecule has 0 amide bonds. The predicted molar refractivity (Wildman–Crippen MR) is 418 cm³/mol. The van der Waals surface area contributed by atoms with E-state index < -0.39 is 84.9 Å². The lowest BCUT2D eigenvalue weighted by molar-refractivity contribution is -0.161. The first-order chi connectivity index (χ1) is 49.8. The molecule has 0 spiro atoms. The molecule has 0 saturated carbocycles. The first kappa shape index (κ1) is 97.9. The molecule has 588 valence electrons. The van der Waals surface area contributed by atoms with Gasteiger partial charge in [-0.2, -0.15) is 0 Å². The van der Waals surface area contributed by atoms with Gasteiger partial charge in [0.2, 0.25) is 0 Å². The van der Waals surface area contributed by atoms with Gasteiger partial charge in [-0.25, -0.2) is 9.13 Å². The summed E-state index contributed by atoms with van der Waals surface area (Å²) >= 11 is 0. The Labute approximate surface area is 619 Å². The van der Waals surface area contributed by atoms with Gasteiger partial charge in [0, 0.05) is 32.3 Å². The van der Waals surface area contributed by atoms with Crippen LogP contribution in [0.5, 0.6) is 0 Å². The van der Waals surface area contributed by atoms with Crippen molar-refractivity contribution in [3.05, 3.63) is 109 Å². The molecule has 0 aromatic carbocycles. The van der Waals surface area contributed by atoms with E-state index in [-0.39, 0.29) is 25.9 Å².